The molecule has 0 saturated heterocycles. The third kappa shape index (κ3) is 3.30. The number of aryl methyl sites for hydroxylation is 1. The van der Waals surface area contributed by atoms with Crippen molar-refractivity contribution in [3.05, 3.63) is 29.8 Å². The summed E-state index contributed by atoms with van der Waals surface area (Å²) in [7, 11) is 1.77. The predicted octanol–water partition coefficient (Wildman–Crippen LogP) is 2.33. The number of amides is 1. The summed E-state index contributed by atoms with van der Waals surface area (Å²) in [4.78, 5) is 13.8. The quantitative estimate of drug-likeness (QED) is 0.853. The summed E-state index contributed by atoms with van der Waals surface area (Å²) < 4.78 is 0. The highest BCUT2D eigenvalue weighted by Gasteiger charge is 2.30. The lowest BCUT2D eigenvalue weighted by Crippen LogP contribution is -2.49. The van der Waals surface area contributed by atoms with Crippen LogP contribution in [-0.4, -0.2) is 19.0 Å². The number of benzene rings is 1. The van der Waals surface area contributed by atoms with E-state index in [1.54, 1.807) is 11.9 Å². The molecule has 94 valence electrons. The first kappa shape index (κ1) is 13.7. The van der Waals surface area contributed by atoms with Gasteiger partial charge in [0.15, 0.2) is 0 Å². The zero-order valence-corrected chi connectivity index (χ0v) is 11.3. The van der Waals surface area contributed by atoms with Crippen molar-refractivity contribution >= 4 is 11.6 Å². The van der Waals surface area contributed by atoms with Gasteiger partial charge in [-0.1, -0.05) is 32.9 Å². The number of likely N-dealkylation sites (N-methyl/N-ethyl adjacent to an activating group) is 1. The molecular weight excluding hydrogens is 212 g/mol. The average molecular weight is 234 g/mol. The molecule has 1 amide bonds. The number of nitrogens with zero attached hydrogens (tertiary/aromatic N) is 1. The Morgan fingerprint density at radius 1 is 1.35 bits per heavy atom. The molecule has 1 rings (SSSR count). The van der Waals surface area contributed by atoms with Crippen LogP contribution in [0.15, 0.2) is 24.3 Å². The van der Waals surface area contributed by atoms with Crippen molar-refractivity contribution in [2.45, 2.75) is 33.7 Å². The van der Waals surface area contributed by atoms with Crippen LogP contribution in [0.5, 0.6) is 0 Å². The van der Waals surface area contributed by atoms with Gasteiger partial charge >= 0.3 is 0 Å². The number of rotatable bonds is 2. The topological polar surface area (TPSA) is 46.3 Å². The number of anilines is 1. The molecule has 1 atom stereocenters. The Balaban J connectivity index is 2.91. The molecule has 0 aliphatic carbocycles. The molecule has 3 nitrogen and oxygen atoms in total. The molecule has 1 aromatic carbocycles. The lowest BCUT2D eigenvalue weighted by molar-refractivity contribution is -0.121. The molecule has 0 radical (unpaired) electrons. The van der Waals surface area contributed by atoms with Gasteiger partial charge in [-0.15, -0.1) is 0 Å². The number of nitrogens with two attached hydrogens (primary N) is 1. The number of hydrogen-bond acceptors (Lipinski definition) is 2. The van der Waals surface area contributed by atoms with Crippen LogP contribution in [0, 0.1) is 12.3 Å². The molecular formula is C14H22N2O. The smallest absolute Gasteiger partial charge is 0.244 e. The van der Waals surface area contributed by atoms with Gasteiger partial charge in [-0.25, -0.2) is 0 Å². The summed E-state index contributed by atoms with van der Waals surface area (Å²) in [5, 5.41) is 0. The van der Waals surface area contributed by atoms with Crippen molar-refractivity contribution in [3.8, 4) is 0 Å². The van der Waals surface area contributed by atoms with Crippen molar-refractivity contribution < 1.29 is 4.79 Å². The molecule has 3 heteroatoms. The van der Waals surface area contributed by atoms with Gasteiger partial charge in [0.1, 0.15) is 0 Å². The Morgan fingerprint density at radius 2 is 1.94 bits per heavy atom. The van der Waals surface area contributed by atoms with E-state index in [1.807, 2.05) is 52.0 Å². The van der Waals surface area contributed by atoms with Crippen LogP contribution < -0.4 is 10.6 Å². The summed E-state index contributed by atoms with van der Waals surface area (Å²) >= 11 is 0. The summed E-state index contributed by atoms with van der Waals surface area (Å²) in [5.41, 5.74) is 7.77. The van der Waals surface area contributed by atoms with Gasteiger partial charge in [0.2, 0.25) is 5.91 Å². The van der Waals surface area contributed by atoms with E-state index >= 15 is 0 Å². The SMILES string of the molecule is Cc1cccc(N(C)C(=O)C(N)C(C)(C)C)c1. The Bertz CT molecular complexity index is 407. The fourth-order valence-electron chi connectivity index (χ4n) is 1.54. The average Bonchev–Trinajstić information content (AvgIpc) is 2.25. The van der Waals surface area contributed by atoms with Crippen molar-refractivity contribution in [3.63, 3.8) is 0 Å². The second-order valence-corrected chi connectivity index (χ2v) is 5.58. The van der Waals surface area contributed by atoms with Crippen LogP contribution in [0.4, 0.5) is 5.69 Å². The Morgan fingerprint density at radius 3 is 2.41 bits per heavy atom. The molecule has 2 N–H and O–H groups in total. The maximum Gasteiger partial charge on any atom is 0.244 e. The van der Waals surface area contributed by atoms with Crippen molar-refractivity contribution in [1.82, 2.24) is 0 Å². The Labute approximate surface area is 104 Å². The molecule has 0 aromatic heterocycles. The van der Waals surface area contributed by atoms with E-state index in [1.165, 1.54) is 0 Å². The van der Waals surface area contributed by atoms with E-state index < -0.39 is 6.04 Å². The van der Waals surface area contributed by atoms with Gasteiger partial charge in [-0.3, -0.25) is 4.79 Å². The lowest BCUT2D eigenvalue weighted by Gasteiger charge is -2.30. The first-order chi connectivity index (χ1) is 7.73. The molecule has 0 fully saturated rings. The minimum absolute atomic E-state index is 0.0527. The molecule has 0 spiro atoms. The molecule has 0 saturated carbocycles. The second kappa shape index (κ2) is 4.88. The van der Waals surface area contributed by atoms with E-state index in [0.29, 0.717) is 0 Å². The van der Waals surface area contributed by atoms with E-state index in [4.69, 9.17) is 5.73 Å². The van der Waals surface area contributed by atoms with E-state index in [2.05, 4.69) is 0 Å². The standard InChI is InChI=1S/C14H22N2O/c1-10-7-6-8-11(9-10)16(5)13(17)12(15)14(2,3)4/h6-9,12H,15H2,1-5H3. The van der Waals surface area contributed by atoms with Gasteiger partial charge in [0, 0.05) is 12.7 Å². The first-order valence-electron chi connectivity index (χ1n) is 5.83. The predicted molar refractivity (Wildman–Crippen MR) is 72.0 cm³/mol. The lowest BCUT2D eigenvalue weighted by atomic mass is 9.86. The highest BCUT2D eigenvalue weighted by Crippen LogP contribution is 2.22. The van der Waals surface area contributed by atoms with Gasteiger partial charge in [-0.05, 0) is 30.0 Å². The summed E-state index contributed by atoms with van der Waals surface area (Å²) in [6, 6.07) is 7.35. The van der Waals surface area contributed by atoms with Crippen LogP contribution in [0.3, 0.4) is 0 Å². The molecule has 0 aliphatic rings. The number of hydrogen-bond donors (Lipinski definition) is 1. The van der Waals surface area contributed by atoms with Crippen molar-refractivity contribution in [2.24, 2.45) is 11.1 Å². The van der Waals surface area contributed by atoms with Gasteiger partial charge in [0.05, 0.1) is 6.04 Å². The first-order valence-corrected chi connectivity index (χ1v) is 5.83. The normalized spacial score (nSPS) is 13.3. The highest BCUT2D eigenvalue weighted by molar-refractivity contribution is 5.97. The van der Waals surface area contributed by atoms with Crippen molar-refractivity contribution in [1.29, 1.82) is 0 Å². The molecule has 0 bridgehead atoms. The molecule has 17 heavy (non-hydrogen) atoms. The summed E-state index contributed by atoms with van der Waals surface area (Å²) in [5.74, 6) is -0.0527. The minimum atomic E-state index is -0.493. The van der Waals surface area contributed by atoms with E-state index in [0.717, 1.165) is 11.3 Å². The fraction of sp³-hybridized carbons (Fsp3) is 0.500. The maximum atomic E-state index is 12.2. The summed E-state index contributed by atoms with van der Waals surface area (Å²) in [6.45, 7) is 7.92. The number of carbonyl (C=O) groups is 1. The molecule has 1 unspecified atom stereocenters. The molecule has 0 aliphatic heterocycles. The zero-order chi connectivity index (χ0) is 13.2. The third-order valence-corrected chi connectivity index (χ3v) is 2.92. The van der Waals surface area contributed by atoms with Crippen LogP contribution in [0.25, 0.3) is 0 Å². The monoisotopic (exact) mass is 234 g/mol. The van der Waals surface area contributed by atoms with Crippen LogP contribution in [0.2, 0.25) is 0 Å². The number of carbonyl (C=O) groups excluding carboxylic acids is 1. The second-order valence-electron chi connectivity index (χ2n) is 5.58. The summed E-state index contributed by atoms with van der Waals surface area (Å²) in [6.07, 6.45) is 0. The van der Waals surface area contributed by atoms with Crippen LogP contribution in [-0.2, 0) is 4.79 Å². The highest BCUT2D eigenvalue weighted by atomic mass is 16.2. The van der Waals surface area contributed by atoms with E-state index in [-0.39, 0.29) is 11.3 Å². The largest absolute Gasteiger partial charge is 0.319 e. The molecule has 0 heterocycles. The maximum absolute atomic E-state index is 12.2. The minimum Gasteiger partial charge on any atom is -0.319 e. The third-order valence-electron chi connectivity index (χ3n) is 2.92. The van der Waals surface area contributed by atoms with Crippen molar-refractivity contribution in [2.75, 3.05) is 11.9 Å². The van der Waals surface area contributed by atoms with E-state index in [9.17, 15) is 4.79 Å². The zero-order valence-electron chi connectivity index (χ0n) is 11.3. The fourth-order valence-corrected chi connectivity index (χ4v) is 1.54. The van der Waals surface area contributed by atoms with Gasteiger partial charge in [0.25, 0.3) is 0 Å². The van der Waals surface area contributed by atoms with Crippen LogP contribution in [0.1, 0.15) is 26.3 Å². The van der Waals surface area contributed by atoms with Crippen LogP contribution >= 0.6 is 0 Å². The Hall–Kier alpha value is -1.35. The Kier molecular flexibility index (Phi) is 3.94. The molecule has 1 aromatic rings. The van der Waals surface area contributed by atoms with Gasteiger partial charge < -0.3 is 10.6 Å². The van der Waals surface area contributed by atoms with Gasteiger partial charge in [-0.2, -0.15) is 0 Å².